The van der Waals surface area contributed by atoms with Crippen LogP contribution in [0.25, 0.3) is 0 Å². The zero-order valence-corrected chi connectivity index (χ0v) is 17.8. The molecule has 0 aliphatic rings. The van der Waals surface area contributed by atoms with E-state index in [1.807, 2.05) is 37.3 Å². The first-order valence-electron chi connectivity index (χ1n) is 9.33. The SMILES string of the molecule is CCN(C(=O)c1cccc(NC(=S)NC(=O)c2cccc(Cl)c2)c1)c1ccccc1. The van der Waals surface area contributed by atoms with Crippen molar-refractivity contribution < 1.29 is 9.59 Å². The van der Waals surface area contributed by atoms with E-state index >= 15 is 0 Å². The molecule has 0 fully saturated rings. The number of para-hydroxylation sites is 1. The highest BCUT2D eigenvalue weighted by atomic mass is 35.5. The fourth-order valence-electron chi connectivity index (χ4n) is 2.90. The van der Waals surface area contributed by atoms with Crippen LogP contribution in [0, 0.1) is 0 Å². The van der Waals surface area contributed by atoms with Gasteiger partial charge >= 0.3 is 0 Å². The van der Waals surface area contributed by atoms with Gasteiger partial charge in [-0.15, -0.1) is 0 Å². The summed E-state index contributed by atoms with van der Waals surface area (Å²) in [5, 5.41) is 6.14. The Morgan fingerprint density at radius 3 is 2.33 bits per heavy atom. The maximum atomic E-state index is 13.0. The second-order valence-corrected chi connectivity index (χ2v) is 7.23. The van der Waals surface area contributed by atoms with E-state index in [4.69, 9.17) is 23.8 Å². The number of anilines is 2. The van der Waals surface area contributed by atoms with Crippen molar-refractivity contribution in [3.8, 4) is 0 Å². The molecule has 152 valence electrons. The molecule has 0 aromatic heterocycles. The lowest BCUT2D eigenvalue weighted by atomic mass is 10.1. The van der Waals surface area contributed by atoms with Crippen LogP contribution in [-0.4, -0.2) is 23.5 Å². The third-order valence-corrected chi connectivity index (χ3v) is 4.75. The summed E-state index contributed by atoms with van der Waals surface area (Å²) in [5.41, 5.74) is 2.33. The summed E-state index contributed by atoms with van der Waals surface area (Å²) in [6, 6.07) is 23.0. The zero-order valence-electron chi connectivity index (χ0n) is 16.3. The Bertz CT molecular complexity index is 1070. The van der Waals surface area contributed by atoms with E-state index in [9.17, 15) is 9.59 Å². The third-order valence-electron chi connectivity index (χ3n) is 4.31. The average molecular weight is 438 g/mol. The fourth-order valence-corrected chi connectivity index (χ4v) is 3.31. The highest BCUT2D eigenvalue weighted by Crippen LogP contribution is 2.19. The van der Waals surface area contributed by atoms with Gasteiger partial charge in [0.15, 0.2) is 5.11 Å². The molecule has 0 saturated heterocycles. The Kier molecular flexibility index (Phi) is 7.17. The van der Waals surface area contributed by atoms with Gasteiger partial charge in [0.25, 0.3) is 11.8 Å². The molecule has 3 aromatic carbocycles. The number of nitrogens with one attached hydrogen (secondary N) is 2. The van der Waals surface area contributed by atoms with E-state index < -0.39 is 0 Å². The van der Waals surface area contributed by atoms with Gasteiger partial charge in [-0.3, -0.25) is 14.9 Å². The van der Waals surface area contributed by atoms with Crippen LogP contribution in [0.3, 0.4) is 0 Å². The number of carbonyl (C=O) groups is 2. The number of hydrogen-bond donors (Lipinski definition) is 2. The standard InChI is InChI=1S/C23H20ClN3O2S/c1-2-27(20-12-4-3-5-13-20)22(29)17-9-7-11-19(15-17)25-23(30)26-21(28)16-8-6-10-18(24)14-16/h3-15H,2H2,1H3,(H2,25,26,28,30). The summed E-state index contributed by atoms with van der Waals surface area (Å²) >= 11 is 11.2. The lowest BCUT2D eigenvalue weighted by molar-refractivity contribution is 0.0973. The average Bonchev–Trinajstić information content (AvgIpc) is 2.75. The van der Waals surface area contributed by atoms with Crippen LogP contribution in [-0.2, 0) is 0 Å². The quantitative estimate of drug-likeness (QED) is 0.543. The maximum absolute atomic E-state index is 13.0. The predicted molar refractivity (Wildman–Crippen MR) is 125 cm³/mol. The molecule has 0 saturated carbocycles. The molecule has 2 amide bonds. The van der Waals surface area contributed by atoms with Crippen molar-refractivity contribution in [1.82, 2.24) is 5.32 Å². The number of hydrogen-bond acceptors (Lipinski definition) is 3. The van der Waals surface area contributed by atoms with Crippen molar-refractivity contribution >= 4 is 52.1 Å². The van der Waals surface area contributed by atoms with E-state index in [2.05, 4.69) is 10.6 Å². The van der Waals surface area contributed by atoms with Gasteiger partial charge in [-0.05, 0) is 67.7 Å². The highest BCUT2D eigenvalue weighted by Gasteiger charge is 2.16. The summed E-state index contributed by atoms with van der Waals surface area (Å²) in [7, 11) is 0. The van der Waals surface area contributed by atoms with Crippen LogP contribution in [0.15, 0.2) is 78.9 Å². The summed E-state index contributed by atoms with van der Waals surface area (Å²) in [6.45, 7) is 2.46. The minimum Gasteiger partial charge on any atom is -0.332 e. The number of amides is 2. The molecule has 0 atom stereocenters. The first-order chi connectivity index (χ1) is 14.5. The van der Waals surface area contributed by atoms with Crippen LogP contribution in [0.1, 0.15) is 27.6 Å². The number of benzene rings is 3. The van der Waals surface area contributed by atoms with Gasteiger partial charge in [0.2, 0.25) is 0 Å². The molecule has 0 spiro atoms. The number of halogens is 1. The minimum atomic E-state index is -0.372. The minimum absolute atomic E-state index is 0.124. The van der Waals surface area contributed by atoms with Crippen LogP contribution in [0.2, 0.25) is 5.02 Å². The maximum Gasteiger partial charge on any atom is 0.258 e. The number of rotatable bonds is 5. The Balaban J connectivity index is 1.69. The lowest BCUT2D eigenvalue weighted by Crippen LogP contribution is -2.34. The Labute approximate surface area is 185 Å². The lowest BCUT2D eigenvalue weighted by Gasteiger charge is -2.21. The fraction of sp³-hybridized carbons (Fsp3) is 0.0870. The van der Waals surface area contributed by atoms with E-state index in [0.717, 1.165) is 5.69 Å². The molecule has 30 heavy (non-hydrogen) atoms. The van der Waals surface area contributed by atoms with E-state index in [-0.39, 0.29) is 16.9 Å². The normalized spacial score (nSPS) is 10.2. The zero-order chi connectivity index (χ0) is 21.5. The van der Waals surface area contributed by atoms with Crippen LogP contribution >= 0.6 is 23.8 Å². The molecule has 0 aliphatic heterocycles. The van der Waals surface area contributed by atoms with E-state index in [1.54, 1.807) is 53.4 Å². The molecular weight excluding hydrogens is 418 g/mol. The summed E-state index contributed by atoms with van der Waals surface area (Å²) < 4.78 is 0. The topological polar surface area (TPSA) is 61.4 Å². The van der Waals surface area contributed by atoms with E-state index in [1.165, 1.54) is 0 Å². The highest BCUT2D eigenvalue weighted by molar-refractivity contribution is 7.80. The molecule has 0 heterocycles. The van der Waals surface area contributed by atoms with Gasteiger partial charge < -0.3 is 10.2 Å². The first-order valence-corrected chi connectivity index (χ1v) is 10.1. The second-order valence-electron chi connectivity index (χ2n) is 6.38. The van der Waals surface area contributed by atoms with Gasteiger partial charge in [-0.2, -0.15) is 0 Å². The van der Waals surface area contributed by atoms with Gasteiger partial charge in [0, 0.05) is 34.1 Å². The van der Waals surface area contributed by atoms with Crippen molar-refractivity contribution in [2.45, 2.75) is 6.92 Å². The van der Waals surface area contributed by atoms with Crippen molar-refractivity contribution in [1.29, 1.82) is 0 Å². The molecular formula is C23H20ClN3O2S. The summed E-state index contributed by atoms with van der Waals surface area (Å²) in [5.74, 6) is -0.496. The third kappa shape index (κ3) is 5.43. The number of carbonyl (C=O) groups excluding carboxylic acids is 2. The summed E-state index contributed by atoms with van der Waals surface area (Å²) in [6.07, 6.45) is 0. The van der Waals surface area contributed by atoms with Gasteiger partial charge in [0.1, 0.15) is 0 Å². The van der Waals surface area contributed by atoms with Gasteiger partial charge in [-0.1, -0.05) is 41.9 Å². The summed E-state index contributed by atoms with van der Waals surface area (Å²) in [4.78, 5) is 27.0. The van der Waals surface area contributed by atoms with Gasteiger partial charge in [0.05, 0.1) is 0 Å². The largest absolute Gasteiger partial charge is 0.332 e. The van der Waals surface area contributed by atoms with Crippen molar-refractivity contribution in [2.24, 2.45) is 0 Å². The molecule has 0 aliphatic carbocycles. The van der Waals surface area contributed by atoms with Crippen molar-refractivity contribution in [2.75, 3.05) is 16.8 Å². The monoisotopic (exact) mass is 437 g/mol. The molecule has 2 N–H and O–H groups in total. The van der Waals surface area contributed by atoms with Crippen molar-refractivity contribution in [3.63, 3.8) is 0 Å². The first kappa shape index (κ1) is 21.5. The molecule has 0 radical (unpaired) electrons. The van der Waals surface area contributed by atoms with Crippen LogP contribution in [0.4, 0.5) is 11.4 Å². The van der Waals surface area contributed by atoms with Crippen molar-refractivity contribution in [3.05, 3.63) is 95.0 Å². The Hall–Kier alpha value is -3.22. The molecule has 3 rings (SSSR count). The van der Waals surface area contributed by atoms with Gasteiger partial charge in [-0.25, -0.2) is 0 Å². The molecule has 5 nitrogen and oxygen atoms in total. The van der Waals surface area contributed by atoms with Crippen LogP contribution in [0.5, 0.6) is 0 Å². The number of thiocarbonyl (C=S) groups is 1. The Morgan fingerprint density at radius 1 is 0.933 bits per heavy atom. The smallest absolute Gasteiger partial charge is 0.258 e. The van der Waals surface area contributed by atoms with E-state index in [0.29, 0.717) is 28.4 Å². The number of nitrogens with zero attached hydrogens (tertiary/aromatic N) is 1. The molecule has 3 aromatic rings. The molecule has 0 unspecified atom stereocenters. The second kappa shape index (κ2) is 10.0. The Morgan fingerprint density at radius 2 is 1.63 bits per heavy atom. The molecule has 0 bridgehead atoms. The molecule has 7 heteroatoms. The predicted octanol–water partition coefficient (Wildman–Crippen LogP) is 5.13. The van der Waals surface area contributed by atoms with Crippen LogP contribution < -0.4 is 15.5 Å².